The normalized spacial score (nSPS) is 14.0. The Kier molecular flexibility index (Phi) is 8.01. The molecule has 8 heteroatoms. The summed E-state index contributed by atoms with van der Waals surface area (Å²) in [6.07, 6.45) is -1.91. The molecule has 1 amide bonds. The molecule has 0 unspecified atom stereocenters. The average Bonchev–Trinajstić information content (AvgIpc) is 3.41. The minimum Gasteiger partial charge on any atom is -0.481 e. The lowest BCUT2D eigenvalue weighted by Gasteiger charge is -2.20. The van der Waals surface area contributed by atoms with E-state index in [1.54, 1.807) is 42.5 Å². The third kappa shape index (κ3) is 7.28. The predicted octanol–water partition coefficient (Wildman–Crippen LogP) is 6.31. The number of nitrogens with zero attached hydrogens (tertiary/aromatic N) is 1. The molecule has 1 heterocycles. The maximum absolute atomic E-state index is 14.3. The Labute approximate surface area is 244 Å². The summed E-state index contributed by atoms with van der Waals surface area (Å²) in [4.78, 5) is 26.0. The number of aliphatic hydroxyl groups excluding tert-OH is 2. The number of amides is 1. The predicted molar refractivity (Wildman–Crippen MR) is 157 cm³/mol. The maximum atomic E-state index is 14.3. The van der Waals surface area contributed by atoms with Gasteiger partial charge in [-0.25, -0.2) is 4.39 Å². The number of aliphatic hydroxyl groups is 2. The van der Waals surface area contributed by atoms with Gasteiger partial charge in [-0.1, -0.05) is 62.4 Å². The fourth-order valence-corrected chi connectivity index (χ4v) is 5.11. The zero-order valence-corrected chi connectivity index (χ0v) is 23.0. The van der Waals surface area contributed by atoms with E-state index in [4.69, 9.17) is 10.8 Å². The molecule has 0 fully saturated rings. The van der Waals surface area contributed by atoms with Crippen LogP contribution in [0.15, 0.2) is 84.9 Å². The van der Waals surface area contributed by atoms with Crippen molar-refractivity contribution in [3.8, 4) is 22.4 Å². The zero-order chi connectivity index (χ0) is 32.5. The molecular formula is C33H35FN2O5. The van der Waals surface area contributed by atoms with Gasteiger partial charge in [0.15, 0.2) is 1.41 Å². The number of nitrogens with one attached hydrogen (secondary N) is 1. The smallest absolute Gasteiger partial charge is 0.305 e. The van der Waals surface area contributed by atoms with Crippen LogP contribution in [0.25, 0.3) is 23.8 Å². The molecule has 0 aliphatic carbocycles. The van der Waals surface area contributed by atoms with E-state index >= 15 is 0 Å². The molecule has 4 aromatic rings. The molecule has 0 saturated carbocycles. The number of aromatic nitrogens is 1. The van der Waals surface area contributed by atoms with Crippen molar-refractivity contribution < 1.29 is 30.7 Å². The number of rotatable bonds is 14. The second-order valence-corrected chi connectivity index (χ2v) is 10.3. The first-order chi connectivity index (χ1) is 21.7. The number of anilines is 1. The number of carboxylic acid groups (broad SMARTS) is 1. The first-order valence-electron chi connectivity index (χ1n) is 15.2. The largest absolute Gasteiger partial charge is 0.481 e. The molecule has 2 atom stereocenters. The molecule has 0 aliphatic rings. The van der Waals surface area contributed by atoms with E-state index in [-0.39, 0.29) is 31.7 Å². The lowest BCUT2D eigenvalue weighted by molar-refractivity contribution is -0.139. The number of carboxylic acids is 1. The Bertz CT molecular complexity index is 1570. The Morgan fingerprint density at radius 1 is 0.927 bits per heavy atom. The van der Waals surface area contributed by atoms with Gasteiger partial charge in [0.1, 0.15) is 5.82 Å². The standard InChI is InChI=1S/C33H35FN2O5/c1-21(2)31-30(33(41)35-25-11-7-4-8-12-25)29(22-9-5-3-6-10-22)32(23-13-15-24(34)16-14-23)36(31)18-17-26(37)19-27(38)20-28(39)40/h3-16,21,26-27,37-38H,17-20H2,1-2H3,(H,35,41)(H,39,40)/t26-,27-/m1/s1/i37D,38D/hD2. The van der Waals surface area contributed by atoms with Gasteiger partial charge in [-0.15, -0.1) is 0 Å². The first kappa shape index (κ1) is 24.5. The number of para-hydroxylation sites is 1. The third-order valence-corrected chi connectivity index (χ3v) is 6.83. The number of carbonyl (C=O) groups excluding carboxylic acids is 1. The van der Waals surface area contributed by atoms with E-state index in [2.05, 4.69) is 10.2 Å². The van der Waals surface area contributed by atoms with E-state index < -0.39 is 29.9 Å². The van der Waals surface area contributed by atoms with E-state index in [0.717, 1.165) is 10.9 Å². The second kappa shape index (κ2) is 13.4. The summed E-state index contributed by atoms with van der Waals surface area (Å²) in [6, 6.07) is 23.9. The molecule has 0 aliphatic heterocycles. The van der Waals surface area contributed by atoms with Crippen LogP contribution in [0.1, 0.15) is 55.1 Å². The summed E-state index contributed by atoms with van der Waals surface area (Å²) >= 11 is 0. The number of aliphatic carboxylic acids is 1. The number of carbonyl (C=O) groups is 2. The van der Waals surface area contributed by atoms with Gasteiger partial charge in [0.25, 0.3) is 7.34 Å². The molecular weight excluding hydrogens is 523 g/mol. The zero-order valence-electron chi connectivity index (χ0n) is 27.0. The molecule has 41 heavy (non-hydrogen) atoms. The van der Waals surface area contributed by atoms with Crippen molar-refractivity contribution in [1.29, 1.82) is 4.29 Å². The monoisotopic (exact) mass is 562 g/mol. The molecule has 4 rings (SSSR count). The minimum absolute atomic E-state index is 0.00189. The van der Waals surface area contributed by atoms with Gasteiger partial charge < -0.3 is 25.2 Å². The summed E-state index contributed by atoms with van der Waals surface area (Å²) in [5, 5.41) is 14.4. The molecule has 0 saturated heterocycles. The van der Waals surface area contributed by atoms with Crippen molar-refractivity contribution in [3.05, 3.63) is 102 Å². The topological polar surface area (TPSA) is 112 Å². The Hall–Kier alpha value is -4.27. The van der Waals surface area contributed by atoms with Crippen LogP contribution in [0, 0.1) is 5.82 Å². The Morgan fingerprint density at radius 2 is 1.59 bits per heavy atom. The maximum Gasteiger partial charge on any atom is 0.305 e. The van der Waals surface area contributed by atoms with Crippen molar-refractivity contribution in [2.75, 3.05) is 5.31 Å². The van der Waals surface area contributed by atoms with Crippen molar-refractivity contribution in [3.63, 3.8) is 0 Å². The van der Waals surface area contributed by atoms with Gasteiger partial charge in [-0.3, -0.25) is 9.59 Å². The van der Waals surface area contributed by atoms with E-state index in [9.17, 15) is 14.0 Å². The van der Waals surface area contributed by atoms with E-state index in [1.165, 1.54) is 12.1 Å². The van der Waals surface area contributed by atoms with Crippen LogP contribution in [-0.4, -0.2) is 46.8 Å². The fraction of sp³-hybridized carbons (Fsp3) is 0.273. The molecule has 4 N–H and O–H groups in total. The lowest BCUT2D eigenvalue weighted by Crippen LogP contribution is -2.22. The van der Waals surface area contributed by atoms with Gasteiger partial charge in [-0.05, 0) is 66.3 Å². The van der Waals surface area contributed by atoms with Crippen LogP contribution in [0.4, 0.5) is 10.1 Å². The van der Waals surface area contributed by atoms with E-state index in [0.29, 0.717) is 33.8 Å². The van der Waals surface area contributed by atoms with Crippen LogP contribution in [0.3, 0.4) is 0 Å². The molecule has 3 aromatic carbocycles. The van der Waals surface area contributed by atoms with Gasteiger partial charge in [-0.2, -0.15) is 0 Å². The summed E-state index contributed by atoms with van der Waals surface area (Å²) < 4.78 is 46.7. The van der Waals surface area contributed by atoms with Crippen molar-refractivity contribution >= 4 is 17.6 Å². The molecule has 0 bridgehead atoms. The Morgan fingerprint density at radius 3 is 2.20 bits per heavy atom. The highest BCUT2D eigenvalue weighted by molar-refractivity contribution is 6.12. The van der Waals surface area contributed by atoms with Crippen LogP contribution in [0.2, 0.25) is 1.41 Å². The number of benzene rings is 3. The van der Waals surface area contributed by atoms with E-state index in [1.807, 2.05) is 48.7 Å². The van der Waals surface area contributed by atoms with Gasteiger partial charge >= 0.3 is 5.97 Å². The number of hydrogen-bond acceptors (Lipinski definition) is 5. The van der Waals surface area contributed by atoms with Crippen molar-refractivity contribution in [2.45, 2.75) is 57.8 Å². The summed E-state index contributed by atoms with van der Waals surface area (Å²) in [6.45, 7) is 4.11. The molecule has 1 aromatic heterocycles. The SMILES string of the molecule is [2H]OC(=O)C[C@@H](C[C@@H](CCn1c(-c2ccc(F)cc2)c(-c2ccccc2)c(C(=O)N([2H])c2ccccc2)c1C(C)C)O[2H])O[2H]. The van der Waals surface area contributed by atoms with Crippen LogP contribution < -0.4 is 5.31 Å². The van der Waals surface area contributed by atoms with Gasteiger partial charge in [0.2, 0.25) is 2.86 Å². The summed E-state index contributed by atoms with van der Waals surface area (Å²) in [5.74, 6) is -2.06. The Balaban J connectivity index is 1.91. The van der Waals surface area contributed by atoms with Crippen molar-refractivity contribution in [1.82, 2.24) is 4.57 Å². The average molecular weight is 563 g/mol. The van der Waals surface area contributed by atoms with Crippen LogP contribution in [-0.2, 0) is 11.3 Å². The molecule has 0 spiro atoms. The molecule has 214 valence electrons. The minimum atomic E-state index is -0.969. The van der Waals surface area contributed by atoms with Crippen molar-refractivity contribution in [2.24, 2.45) is 0 Å². The van der Waals surface area contributed by atoms with Gasteiger partial charge in [0, 0.05) is 23.5 Å². The number of halogens is 1. The second-order valence-electron chi connectivity index (χ2n) is 10.3. The highest BCUT2D eigenvalue weighted by atomic mass is 19.1. The summed E-state index contributed by atoms with van der Waals surface area (Å²) in [7, 11) is 0. The fourth-order valence-electron chi connectivity index (χ4n) is 5.11. The highest BCUT2D eigenvalue weighted by Gasteiger charge is 2.31. The third-order valence-electron chi connectivity index (χ3n) is 6.83. The number of hydrogen-bond donors (Lipinski definition) is 4. The van der Waals surface area contributed by atoms with Gasteiger partial charge in [0.05, 0.1) is 29.9 Å². The first-order valence-corrected chi connectivity index (χ1v) is 13.6. The summed E-state index contributed by atoms with van der Waals surface area (Å²) in [5.41, 5.74) is 3.93. The quantitative estimate of drug-likeness (QED) is 0.144. The highest BCUT2D eigenvalue weighted by Crippen LogP contribution is 2.42. The van der Waals surface area contributed by atoms with Crippen LogP contribution >= 0.6 is 0 Å². The molecule has 7 nitrogen and oxygen atoms in total. The molecule has 0 radical (unpaired) electrons. The van der Waals surface area contributed by atoms with Crippen LogP contribution in [0.5, 0.6) is 0 Å². The lowest BCUT2D eigenvalue weighted by atomic mass is 9.94.